The fourth-order valence-electron chi connectivity index (χ4n) is 2.58. The molecule has 156 valence electrons. The van der Waals surface area contributed by atoms with Crippen molar-refractivity contribution >= 4 is 38.9 Å². The molecule has 0 bridgehead atoms. The van der Waals surface area contributed by atoms with Crippen LogP contribution in [0.4, 0.5) is 20.2 Å². The lowest BCUT2D eigenvalue weighted by atomic mass is 10.2. The molecule has 0 aromatic heterocycles. The number of halogens is 3. The van der Waals surface area contributed by atoms with Crippen LogP contribution in [0.15, 0.2) is 65.6 Å². The van der Waals surface area contributed by atoms with E-state index in [1.54, 1.807) is 12.1 Å². The monoisotopic (exact) mass is 452 g/mol. The Morgan fingerprint density at radius 2 is 1.77 bits per heavy atom. The summed E-state index contributed by atoms with van der Waals surface area (Å²) in [4.78, 5) is 12.0. The number of nitrogens with one attached hydrogen (secondary N) is 2. The lowest BCUT2D eigenvalue weighted by molar-refractivity contribution is 0.102. The molecule has 6 nitrogen and oxygen atoms in total. The van der Waals surface area contributed by atoms with Gasteiger partial charge in [0.2, 0.25) is 0 Å². The molecule has 1 amide bonds. The number of anilines is 2. The Labute approximate surface area is 176 Å². The first-order valence-electron chi connectivity index (χ1n) is 8.43. The summed E-state index contributed by atoms with van der Waals surface area (Å²) in [6, 6.07) is 12.6. The third kappa shape index (κ3) is 4.69. The predicted molar refractivity (Wildman–Crippen MR) is 110 cm³/mol. The van der Waals surface area contributed by atoms with Crippen LogP contribution in [-0.2, 0) is 10.0 Å². The molecule has 0 fully saturated rings. The van der Waals surface area contributed by atoms with Crippen LogP contribution < -0.4 is 14.8 Å². The number of para-hydroxylation sites is 1. The van der Waals surface area contributed by atoms with Crippen LogP contribution in [0, 0.1) is 11.6 Å². The second-order valence-electron chi connectivity index (χ2n) is 6.03. The average molecular weight is 453 g/mol. The molecule has 0 aliphatic carbocycles. The van der Waals surface area contributed by atoms with Crippen LogP contribution in [0.25, 0.3) is 0 Å². The smallest absolute Gasteiger partial charge is 0.265 e. The number of benzene rings is 3. The van der Waals surface area contributed by atoms with Crippen molar-refractivity contribution in [3.8, 4) is 5.75 Å². The van der Waals surface area contributed by atoms with E-state index in [0.29, 0.717) is 6.07 Å². The topological polar surface area (TPSA) is 84.5 Å². The number of sulfonamides is 1. The molecule has 3 rings (SSSR count). The molecule has 0 atom stereocenters. The zero-order valence-corrected chi connectivity index (χ0v) is 17.0. The van der Waals surface area contributed by atoms with Crippen LogP contribution in [0.1, 0.15) is 10.4 Å². The number of hydrogen-bond donors (Lipinski definition) is 2. The van der Waals surface area contributed by atoms with Crippen molar-refractivity contribution in [3.05, 3.63) is 82.9 Å². The van der Waals surface area contributed by atoms with Gasteiger partial charge in [0.25, 0.3) is 15.9 Å². The molecule has 10 heteroatoms. The lowest BCUT2D eigenvalue weighted by Gasteiger charge is -2.14. The molecule has 0 saturated carbocycles. The molecule has 0 heterocycles. The summed E-state index contributed by atoms with van der Waals surface area (Å²) < 4.78 is 60.1. The van der Waals surface area contributed by atoms with E-state index in [9.17, 15) is 22.0 Å². The van der Waals surface area contributed by atoms with Gasteiger partial charge >= 0.3 is 0 Å². The molecule has 0 aliphatic rings. The zero-order valence-electron chi connectivity index (χ0n) is 15.4. The minimum Gasteiger partial charge on any atom is -0.495 e. The standard InChI is InChI=1S/C20H15ClF2N2O4S/c1-29-18-9-7-13(24-20(26)14-8-6-12(22)10-16(14)23)11-19(18)30(27,28)25-17-5-3-2-4-15(17)21/h2-11,25H,1H3,(H,24,26). The zero-order chi connectivity index (χ0) is 21.9. The molecule has 3 aromatic rings. The summed E-state index contributed by atoms with van der Waals surface area (Å²) in [5, 5.41) is 2.57. The van der Waals surface area contributed by atoms with E-state index in [2.05, 4.69) is 10.0 Å². The van der Waals surface area contributed by atoms with Crippen LogP contribution >= 0.6 is 11.6 Å². The highest BCUT2D eigenvalue weighted by Crippen LogP contribution is 2.31. The van der Waals surface area contributed by atoms with Crippen LogP contribution in [0.5, 0.6) is 5.75 Å². The van der Waals surface area contributed by atoms with Crippen molar-refractivity contribution in [2.75, 3.05) is 17.1 Å². The van der Waals surface area contributed by atoms with Gasteiger partial charge in [0, 0.05) is 11.8 Å². The largest absolute Gasteiger partial charge is 0.495 e. The quantitative estimate of drug-likeness (QED) is 0.568. The lowest BCUT2D eigenvalue weighted by Crippen LogP contribution is -2.17. The Bertz CT molecular complexity index is 1220. The molecule has 0 unspecified atom stereocenters. The molecular weight excluding hydrogens is 438 g/mol. The van der Waals surface area contributed by atoms with E-state index in [0.717, 1.165) is 18.2 Å². The Kier molecular flexibility index (Phi) is 6.23. The average Bonchev–Trinajstić information content (AvgIpc) is 2.69. The van der Waals surface area contributed by atoms with Gasteiger partial charge in [-0.25, -0.2) is 17.2 Å². The number of amides is 1. The Balaban J connectivity index is 1.93. The van der Waals surface area contributed by atoms with E-state index < -0.39 is 33.1 Å². The number of ether oxygens (including phenoxy) is 1. The summed E-state index contributed by atoms with van der Waals surface area (Å²) in [5.74, 6) is -2.73. The molecule has 0 radical (unpaired) electrons. The van der Waals surface area contributed by atoms with Gasteiger partial charge in [-0.05, 0) is 42.5 Å². The van der Waals surface area contributed by atoms with Crippen molar-refractivity contribution in [2.45, 2.75) is 4.90 Å². The van der Waals surface area contributed by atoms with Crippen molar-refractivity contribution in [3.63, 3.8) is 0 Å². The maximum Gasteiger partial charge on any atom is 0.265 e. The van der Waals surface area contributed by atoms with E-state index >= 15 is 0 Å². The van der Waals surface area contributed by atoms with E-state index in [1.807, 2.05) is 0 Å². The van der Waals surface area contributed by atoms with Crippen LogP contribution in [-0.4, -0.2) is 21.4 Å². The van der Waals surface area contributed by atoms with E-state index in [1.165, 1.54) is 31.4 Å². The van der Waals surface area contributed by atoms with Gasteiger partial charge in [0.15, 0.2) is 0 Å². The van der Waals surface area contributed by atoms with Gasteiger partial charge in [-0.2, -0.15) is 0 Å². The maximum absolute atomic E-state index is 13.8. The number of rotatable bonds is 6. The highest BCUT2D eigenvalue weighted by Gasteiger charge is 2.22. The SMILES string of the molecule is COc1ccc(NC(=O)c2ccc(F)cc2F)cc1S(=O)(=O)Nc1ccccc1Cl. The summed E-state index contributed by atoms with van der Waals surface area (Å²) in [7, 11) is -2.86. The molecule has 30 heavy (non-hydrogen) atoms. The number of carbonyl (C=O) groups excluding carboxylic acids is 1. The summed E-state index contributed by atoms with van der Waals surface area (Å²) in [5.41, 5.74) is -0.182. The minimum atomic E-state index is -4.15. The first-order valence-corrected chi connectivity index (χ1v) is 10.3. The molecule has 3 aromatic carbocycles. The molecule has 0 saturated heterocycles. The van der Waals surface area contributed by atoms with Gasteiger partial charge in [-0.3, -0.25) is 9.52 Å². The van der Waals surface area contributed by atoms with Gasteiger partial charge in [0.1, 0.15) is 22.3 Å². The van der Waals surface area contributed by atoms with Gasteiger partial charge in [0.05, 0.1) is 23.4 Å². The number of methoxy groups -OCH3 is 1. The first-order chi connectivity index (χ1) is 14.2. The second-order valence-corrected chi connectivity index (χ2v) is 8.09. The van der Waals surface area contributed by atoms with Gasteiger partial charge in [-0.15, -0.1) is 0 Å². The van der Waals surface area contributed by atoms with Crippen molar-refractivity contribution in [2.24, 2.45) is 0 Å². The maximum atomic E-state index is 13.8. The van der Waals surface area contributed by atoms with Crippen molar-refractivity contribution in [1.82, 2.24) is 0 Å². The third-order valence-electron chi connectivity index (χ3n) is 4.00. The fourth-order valence-corrected chi connectivity index (χ4v) is 4.10. The third-order valence-corrected chi connectivity index (χ3v) is 5.72. The molecule has 0 spiro atoms. The molecular formula is C20H15ClF2N2O4S. The van der Waals surface area contributed by atoms with Gasteiger partial charge < -0.3 is 10.1 Å². The number of carbonyl (C=O) groups is 1. The van der Waals surface area contributed by atoms with Gasteiger partial charge in [-0.1, -0.05) is 23.7 Å². The van der Waals surface area contributed by atoms with Crippen LogP contribution in [0.3, 0.4) is 0 Å². The van der Waals surface area contributed by atoms with E-state index in [-0.39, 0.29) is 27.0 Å². The minimum absolute atomic E-state index is 0.0144. The highest BCUT2D eigenvalue weighted by atomic mass is 35.5. The fraction of sp³-hybridized carbons (Fsp3) is 0.0500. The second kappa shape index (κ2) is 8.68. The Morgan fingerprint density at radius 1 is 1.03 bits per heavy atom. The number of hydrogen-bond acceptors (Lipinski definition) is 4. The Morgan fingerprint density at radius 3 is 2.43 bits per heavy atom. The summed E-state index contributed by atoms with van der Waals surface area (Å²) in [6.07, 6.45) is 0. The highest BCUT2D eigenvalue weighted by molar-refractivity contribution is 7.92. The van der Waals surface area contributed by atoms with Crippen molar-refractivity contribution < 1.29 is 26.7 Å². The predicted octanol–water partition coefficient (Wildman–Crippen LogP) is 4.68. The summed E-state index contributed by atoms with van der Waals surface area (Å²) in [6.45, 7) is 0. The van der Waals surface area contributed by atoms with Crippen molar-refractivity contribution in [1.29, 1.82) is 0 Å². The first kappa shape index (κ1) is 21.5. The normalized spacial score (nSPS) is 11.1. The Hall–Kier alpha value is -3.17. The van der Waals surface area contributed by atoms with E-state index in [4.69, 9.17) is 16.3 Å². The molecule has 0 aliphatic heterocycles. The van der Waals surface area contributed by atoms with Crippen LogP contribution in [0.2, 0.25) is 5.02 Å². The summed E-state index contributed by atoms with van der Waals surface area (Å²) >= 11 is 6.01. The molecule has 2 N–H and O–H groups in total.